The van der Waals surface area contributed by atoms with Crippen LogP contribution in [0.15, 0.2) is 61.7 Å². The smallest absolute Gasteiger partial charge is 0.329 e. The van der Waals surface area contributed by atoms with E-state index in [1.54, 1.807) is 38.4 Å². The molecular weight excluding hydrogens is 767 g/mol. The third-order valence-electron chi connectivity index (χ3n) is 12.0. The fraction of sp³-hybridized carbons (Fsp3) is 0.617. The molecule has 4 rings (SSSR count). The first-order valence-electron chi connectivity index (χ1n) is 21.3. The minimum atomic E-state index is -2.06. The maximum Gasteiger partial charge on any atom is 0.329 e. The molecule has 11 nitrogen and oxygen atoms in total. The van der Waals surface area contributed by atoms with Crippen LogP contribution in [0.4, 0.5) is 0 Å². The van der Waals surface area contributed by atoms with E-state index in [0.717, 1.165) is 61.8 Å². The summed E-state index contributed by atoms with van der Waals surface area (Å²) < 4.78 is 48.3. The largest absolute Gasteiger partial charge is 0.497 e. The van der Waals surface area contributed by atoms with Gasteiger partial charge in [0.05, 0.1) is 53.7 Å². The average Bonchev–Trinajstić information content (AvgIpc) is 3.23. The van der Waals surface area contributed by atoms with Gasteiger partial charge in [-0.1, -0.05) is 64.3 Å². The molecule has 1 aliphatic heterocycles. The summed E-state index contributed by atoms with van der Waals surface area (Å²) in [4.78, 5) is 31.0. The molecule has 2 aromatic rings. The Kier molecular flexibility index (Phi) is 18.8. The molecule has 328 valence electrons. The van der Waals surface area contributed by atoms with Crippen LogP contribution < -0.4 is 18.9 Å². The van der Waals surface area contributed by atoms with Gasteiger partial charge in [0.2, 0.25) is 11.7 Å². The molecule has 1 saturated carbocycles. The van der Waals surface area contributed by atoms with Crippen LogP contribution in [0.2, 0.25) is 18.1 Å². The molecule has 1 heterocycles. The lowest BCUT2D eigenvalue weighted by Gasteiger charge is -2.39. The number of piperidine rings is 1. The van der Waals surface area contributed by atoms with E-state index in [1.807, 2.05) is 36.4 Å². The average molecular weight is 838 g/mol. The third kappa shape index (κ3) is 13.6. The van der Waals surface area contributed by atoms with E-state index in [-0.39, 0.29) is 36.2 Å². The summed E-state index contributed by atoms with van der Waals surface area (Å²) in [6, 6.07) is 10.7. The highest BCUT2D eigenvalue weighted by Crippen LogP contribution is 2.45. The van der Waals surface area contributed by atoms with Gasteiger partial charge >= 0.3 is 5.97 Å². The number of hydrogen-bond donors (Lipinski definition) is 0. The molecule has 1 aliphatic carbocycles. The highest BCUT2D eigenvalue weighted by atomic mass is 28.4. The maximum absolute atomic E-state index is 15.1. The number of methoxy groups -OCH3 is 3. The van der Waals surface area contributed by atoms with Gasteiger partial charge in [-0.3, -0.25) is 4.79 Å². The zero-order chi connectivity index (χ0) is 43.0. The number of ether oxygens (including phenoxy) is 7. The number of nitrogens with zero attached hydrogens (tertiary/aromatic N) is 1. The first-order valence-corrected chi connectivity index (χ1v) is 24.2. The fourth-order valence-corrected chi connectivity index (χ4v) is 8.63. The number of hydrogen-bond acceptors (Lipinski definition) is 10. The Balaban J connectivity index is 1.59. The second-order valence-electron chi connectivity index (χ2n) is 17.2. The van der Waals surface area contributed by atoms with Crippen molar-refractivity contribution in [1.29, 1.82) is 0 Å². The van der Waals surface area contributed by atoms with Crippen molar-refractivity contribution < 1.29 is 47.2 Å². The van der Waals surface area contributed by atoms with Gasteiger partial charge in [-0.2, -0.15) is 0 Å². The topological polar surface area (TPSA) is 111 Å². The quantitative estimate of drug-likeness (QED) is 0.0610. The highest BCUT2D eigenvalue weighted by molar-refractivity contribution is 6.74. The molecule has 0 N–H and O–H groups in total. The second-order valence-corrected chi connectivity index (χ2v) is 22.1. The van der Waals surface area contributed by atoms with Crippen LogP contribution in [0.5, 0.6) is 23.0 Å². The van der Waals surface area contributed by atoms with Gasteiger partial charge in [0, 0.05) is 13.0 Å². The van der Waals surface area contributed by atoms with Gasteiger partial charge in [0.25, 0.3) is 0 Å². The van der Waals surface area contributed by atoms with Gasteiger partial charge in [-0.05, 0) is 91.5 Å². The van der Waals surface area contributed by atoms with Crippen molar-refractivity contribution >= 4 is 20.2 Å². The van der Waals surface area contributed by atoms with Crippen LogP contribution in [0.3, 0.4) is 0 Å². The lowest BCUT2D eigenvalue weighted by atomic mass is 9.75. The molecule has 2 fully saturated rings. The van der Waals surface area contributed by atoms with Crippen molar-refractivity contribution in [2.45, 2.75) is 127 Å². The zero-order valence-electron chi connectivity index (χ0n) is 37.1. The zero-order valence-corrected chi connectivity index (χ0v) is 38.1. The van der Waals surface area contributed by atoms with Gasteiger partial charge < -0.3 is 42.5 Å². The van der Waals surface area contributed by atoms with Crippen LogP contribution >= 0.6 is 0 Å². The molecule has 0 unspecified atom stereocenters. The number of esters is 1. The first-order chi connectivity index (χ1) is 28.3. The lowest BCUT2D eigenvalue weighted by Crippen LogP contribution is -2.52. The van der Waals surface area contributed by atoms with Crippen molar-refractivity contribution in [3.8, 4) is 23.0 Å². The molecule has 59 heavy (non-hydrogen) atoms. The minimum absolute atomic E-state index is 0.0343. The maximum atomic E-state index is 15.1. The Labute approximate surface area is 354 Å². The van der Waals surface area contributed by atoms with E-state index in [4.69, 9.17) is 37.6 Å². The van der Waals surface area contributed by atoms with E-state index >= 15 is 4.79 Å². The summed E-state index contributed by atoms with van der Waals surface area (Å²) in [5.74, 6) is 1.16. The van der Waals surface area contributed by atoms with Crippen molar-refractivity contribution in [1.82, 2.24) is 4.90 Å². The molecule has 0 bridgehead atoms. The van der Waals surface area contributed by atoms with Crippen LogP contribution in [-0.4, -0.2) is 97.6 Å². The SMILES string of the molecule is C=CCO[C@H](COc1cc([C@@H](C(=O)N2CCCC[C@H]2C(=O)O[C@@H](CC=C)COCc2ccc(OC)cc2)C2CCCCC2)cc(OC)c1OC)CO[Si](C)(C)C(C)(C)C. The van der Waals surface area contributed by atoms with Crippen LogP contribution in [-0.2, 0) is 34.8 Å². The molecule has 0 spiro atoms. The fourth-order valence-electron chi connectivity index (χ4n) is 7.60. The van der Waals surface area contributed by atoms with Crippen molar-refractivity contribution in [2.75, 3.05) is 54.3 Å². The Bertz CT molecular complexity index is 1630. The first kappa shape index (κ1) is 47.8. The van der Waals surface area contributed by atoms with Crippen LogP contribution in [0.1, 0.15) is 95.6 Å². The monoisotopic (exact) mass is 837 g/mol. The van der Waals surface area contributed by atoms with E-state index in [1.165, 1.54) is 0 Å². The molecule has 4 atom stereocenters. The van der Waals surface area contributed by atoms with Gasteiger partial charge in [0.1, 0.15) is 30.6 Å². The summed E-state index contributed by atoms with van der Waals surface area (Å²) >= 11 is 0. The summed E-state index contributed by atoms with van der Waals surface area (Å²) in [6.07, 6.45) is 10.1. The standard InChI is InChI=1S/C47H71NO10Si/c1-11-18-38(31-54-30-34-22-24-37(51-6)25-23-34)58-46(50)40-21-16-17-26-48(40)45(49)43(35-19-14-13-15-20-35)36-28-41(52-7)44(53-8)42(29-36)56-32-39(55-27-12-2)33-57-59(9,10)47(3,4)5/h11-12,22-25,28-29,35,38-40,43H,1-2,13-21,26-27,30-33H2,3-10H3/t38-,39+,40-,43-/m0/s1. The van der Waals surface area contributed by atoms with E-state index in [0.29, 0.717) is 56.5 Å². The normalized spacial score (nSPS) is 18.0. The van der Waals surface area contributed by atoms with Crippen LogP contribution in [0, 0.1) is 5.92 Å². The molecule has 0 aromatic heterocycles. The van der Waals surface area contributed by atoms with E-state index in [9.17, 15) is 4.79 Å². The Hall–Kier alpha value is -3.84. The Morgan fingerprint density at radius 2 is 1.54 bits per heavy atom. The van der Waals surface area contributed by atoms with Gasteiger partial charge in [-0.15, -0.1) is 13.2 Å². The number of carbonyl (C=O) groups is 2. The van der Waals surface area contributed by atoms with Gasteiger partial charge in [0.15, 0.2) is 19.8 Å². The summed E-state index contributed by atoms with van der Waals surface area (Å²) in [5.41, 5.74) is 1.75. The molecular formula is C47H71NO10Si. The second kappa shape index (κ2) is 23.2. The Morgan fingerprint density at radius 3 is 2.17 bits per heavy atom. The van der Waals surface area contributed by atoms with Crippen molar-refractivity contribution in [3.05, 3.63) is 72.8 Å². The van der Waals surface area contributed by atoms with Crippen LogP contribution in [0.25, 0.3) is 0 Å². The number of carbonyl (C=O) groups excluding carboxylic acids is 2. The predicted molar refractivity (Wildman–Crippen MR) is 234 cm³/mol. The third-order valence-corrected chi connectivity index (χ3v) is 16.5. The number of amides is 1. The molecule has 12 heteroatoms. The summed E-state index contributed by atoms with van der Waals surface area (Å²) in [5, 5.41) is 0.0343. The minimum Gasteiger partial charge on any atom is -0.497 e. The summed E-state index contributed by atoms with van der Waals surface area (Å²) in [6.45, 7) is 20.7. The number of rotatable bonds is 23. The lowest BCUT2D eigenvalue weighted by molar-refractivity contribution is -0.164. The molecule has 2 aliphatic rings. The number of likely N-dealkylation sites (tertiary alicyclic amines) is 1. The number of benzene rings is 2. The van der Waals surface area contributed by atoms with E-state index in [2.05, 4.69) is 47.0 Å². The highest BCUT2D eigenvalue weighted by Gasteiger charge is 2.42. The molecule has 0 radical (unpaired) electrons. The molecule has 2 aromatic carbocycles. The van der Waals surface area contributed by atoms with Gasteiger partial charge in [-0.25, -0.2) is 4.79 Å². The Morgan fingerprint density at radius 1 is 0.847 bits per heavy atom. The van der Waals surface area contributed by atoms with Crippen molar-refractivity contribution in [2.24, 2.45) is 5.92 Å². The molecule has 1 saturated heterocycles. The van der Waals surface area contributed by atoms with E-state index < -0.39 is 32.4 Å². The summed E-state index contributed by atoms with van der Waals surface area (Å²) in [7, 11) is 2.73. The molecule has 1 amide bonds. The van der Waals surface area contributed by atoms with Crippen molar-refractivity contribution in [3.63, 3.8) is 0 Å². The predicted octanol–water partition coefficient (Wildman–Crippen LogP) is 9.43.